The number of rotatable bonds is 6. The van der Waals surface area contributed by atoms with Crippen molar-refractivity contribution in [2.45, 2.75) is 26.1 Å². The average molecular weight is 308 g/mol. The lowest BCUT2D eigenvalue weighted by atomic mass is 10.3. The summed E-state index contributed by atoms with van der Waals surface area (Å²) in [6.45, 7) is 3.70. The molecule has 2 unspecified atom stereocenters. The number of phosphoric acid groups is 1. The number of phosphoric ester groups is 1. The monoisotopic (exact) mass is 308 g/mol. The van der Waals surface area contributed by atoms with E-state index in [0.29, 0.717) is 6.61 Å². The zero-order chi connectivity index (χ0) is 15.6. The van der Waals surface area contributed by atoms with Crippen molar-refractivity contribution in [3.8, 4) is 5.75 Å². The van der Waals surface area contributed by atoms with E-state index in [9.17, 15) is 4.57 Å². The number of hydrogen-bond donors (Lipinski definition) is 4. The van der Waals surface area contributed by atoms with Crippen LogP contribution in [0.5, 0.6) is 5.75 Å². The molecule has 0 saturated carbocycles. The molecule has 116 valence electrons. The van der Waals surface area contributed by atoms with E-state index >= 15 is 0 Å². The highest BCUT2D eigenvalue weighted by molar-refractivity contribution is 7.46. The summed E-state index contributed by atoms with van der Waals surface area (Å²) >= 11 is 0. The third kappa shape index (κ3) is 12.1. The smallest absolute Gasteiger partial charge is 0.404 e. The van der Waals surface area contributed by atoms with Crippen LogP contribution >= 0.6 is 7.82 Å². The first-order valence-corrected chi connectivity index (χ1v) is 7.48. The van der Waals surface area contributed by atoms with Gasteiger partial charge in [-0.15, -0.1) is 0 Å². The van der Waals surface area contributed by atoms with Crippen LogP contribution in [0.3, 0.4) is 0 Å². The van der Waals surface area contributed by atoms with E-state index in [2.05, 4.69) is 4.52 Å². The van der Waals surface area contributed by atoms with Crippen LogP contribution < -0.4 is 4.52 Å². The third-order valence-corrected chi connectivity index (χ3v) is 2.30. The standard InChI is InChI=1S/C6H7O4P.C6H14O3/c7-11(8,9)10-6-4-2-1-3-5-6;1-5(8)4-9-6(2)3-7/h1-5H,(H2,7,8,9);5-8H,3-4H2,1-2H3. The van der Waals surface area contributed by atoms with E-state index in [1.807, 2.05) is 0 Å². The molecule has 0 saturated heterocycles. The highest BCUT2D eigenvalue weighted by Gasteiger charge is 2.14. The number of ether oxygens (including phenoxy) is 1. The second-order valence-electron chi connectivity index (χ2n) is 4.07. The molecule has 8 heteroatoms. The summed E-state index contributed by atoms with van der Waals surface area (Å²) < 4.78 is 19.5. The first-order chi connectivity index (χ1) is 9.24. The maximum atomic E-state index is 10.3. The largest absolute Gasteiger partial charge is 0.524 e. The zero-order valence-electron chi connectivity index (χ0n) is 11.4. The summed E-state index contributed by atoms with van der Waals surface area (Å²) in [6, 6.07) is 7.93. The number of hydrogen-bond acceptors (Lipinski definition) is 5. The zero-order valence-corrected chi connectivity index (χ0v) is 12.3. The fourth-order valence-corrected chi connectivity index (χ4v) is 1.37. The van der Waals surface area contributed by atoms with Crippen LogP contribution in [-0.4, -0.2) is 45.4 Å². The third-order valence-electron chi connectivity index (χ3n) is 1.85. The molecule has 0 aliphatic carbocycles. The molecule has 0 bridgehead atoms. The second-order valence-corrected chi connectivity index (χ2v) is 5.23. The van der Waals surface area contributed by atoms with Crippen LogP contribution in [0.1, 0.15) is 13.8 Å². The van der Waals surface area contributed by atoms with Crippen molar-refractivity contribution in [3.05, 3.63) is 30.3 Å². The molecule has 0 heterocycles. The number of aliphatic hydroxyl groups excluding tert-OH is 2. The molecule has 0 radical (unpaired) electrons. The van der Waals surface area contributed by atoms with Crippen molar-refractivity contribution in [2.24, 2.45) is 0 Å². The normalized spacial score (nSPS) is 13.9. The van der Waals surface area contributed by atoms with Gasteiger partial charge in [0.2, 0.25) is 0 Å². The molecule has 0 aliphatic heterocycles. The molecule has 0 spiro atoms. The van der Waals surface area contributed by atoms with Crippen molar-refractivity contribution >= 4 is 7.82 Å². The Balaban J connectivity index is 0.000000370. The summed E-state index contributed by atoms with van der Waals surface area (Å²) in [6.07, 6.45) is -0.612. The highest BCUT2D eigenvalue weighted by Crippen LogP contribution is 2.36. The molecule has 2 atom stereocenters. The summed E-state index contributed by atoms with van der Waals surface area (Å²) in [4.78, 5) is 16.7. The van der Waals surface area contributed by atoms with Gasteiger partial charge in [0.15, 0.2) is 0 Å². The van der Waals surface area contributed by atoms with Gasteiger partial charge >= 0.3 is 7.82 Å². The lowest BCUT2D eigenvalue weighted by Gasteiger charge is -2.10. The molecule has 4 N–H and O–H groups in total. The Morgan fingerprint density at radius 1 is 1.20 bits per heavy atom. The Hall–Kier alpha value is -0.950. The summed E-state index contributed by atoms with van der Waals surface area (Å²) in [5, 5.41) is 17.1. The summed E-state index contributed by atoms with van der Waals surface area (Å²) in [5.74, 6) is 0.167. The van der Waals surface area contributed by atoms with Crippen LogP contribution in [0, 0.1) is 0 Å². The Labute approximate surface area is 118 Å². The predicted molar refractivity (Wildman–Crippen MR) is 73.3 cm³/mol. The molecule has 0 amide bonds. The summed E-state index contributed by atoms with van der Waals surface area (Å²) in [7, 11) is -4.39. The van der Waals surface area contributed by atoms with Gasteiger partial charge in [0, 0.05) is 0 Å². The van der Waals surface area contributed by atoms with Crippen LogP contribution in [-0.2, 0) is 9.30 Å². The van der Waals surface area contributed by atoms with Crippen molar-refractivity contribution in [1.29, 1.82) is 0 Å². The van der Waals surface area contributed by atoms with E-state index in [-0.39, 0.29) is 18.5 Å². The van der Waals surface area contributed by atoms with E-state index in [4.69, 9.17) is 24.7 Å². The fraction of sp³-hybridized carbons (Fsp3) is 0.500. The first kappa shape index (κ1) is 19.1. The van der Waals surface area contributed by atoms with E-state index in [0.717, 1.165) is 0 Å². The van der Waals surface area contributed by atoms with Crippen molar-refractivity contribution in [1.82, 2.24) is 0 Å². The minimum atomic E-state index is -4.39. The van der Waals surface area contributed by atoms with E-state index in [1.165, 1.54) is 12.1 Å². The van der Waals surface area contributed by atoms with Crippen LogP contribution in [0.25, 0.3) is 0 Å². The van der Waals surface area contributed by atoms with E-state index < -0.39 is 13.9 Å². The van der Waals surface area contributed by atoms with Gasteiger partial charge in [-0.25, -0.2) is 4.57 Å². The summed E-state index contributed by atoms with van der Waals surface area (Å²) in [5.41, 5.74) is 0. The first-order valence-electron chi connectivity index (χ1n) is 5.95. The number of aliphatic hydroxyl groups is 2. The molecule has 0 aliphatic rings. The Kier molecular flexibility index (Phi) is 9.41. The molecule has 1 rings (SSSR count). The molecule has 1 aromatic carbocycles. The maximum absolute atomic E-state index is 10.3. The second kappa shape index (κ2) is 9.88. The minimum absolute atomic E-state index is 0.00667. The minimum Gasteiger partial charge on any atom is -0.404 e. The fourth-order valence-electron chi connectivity index (χ4n) is 0.975. The van der Waals surface area contributed by atoms with Crippen molar-refractivity contribution in [3.63, 3.8) is 0 Å². The van der Waals surface area contributed by atoms with Gasteiger partial charge < -0.3 is 19.5 Å². The van der Waals surface area contributed by atoms with Crippen molar-refractivity contribution < 1.29 is 33.8 Å². The predicted octanol–water partition coefficient (Wildman–Crippen LogP) is 0.923. The van der Waals surface area contributed by atoms with E-state index in [1.54, 1.807) is 32.0 Å². The van der Waals surface area contributed by atoms with Crippen LogP contribution in [0.2, 0.25) is 0 Å². The molecule has 7 nitrogen and oxygen atoms in total. The van der Waals surface area contributed by atoms with Crippen LogP contribution in [0.4, 0.5) is 0 Å². The van der Waals surface area contributed by atoms with Crippen molar-refractivity contribution in [2.75, 3.05) is 13.2 Å². The topological polar surface area (TPSA) is 116 Å². The van der Waals surface area contributed by atoms with Gasteiger partial charge in [-0.05, 0) is 26.0 Å². The molecule has 0 aromatic heterocycles. The average Bonchev–Trinajstić information content (AvgIpc) is 2.36. The van der Waals surface area contributed by atoms with Gasteiger partial charge in [0.05, 0.1) is 25.4 Å². The number of para-hydroxylation sites is 1. The highest BCUT2D eigenvalue weighted by atomic mass is 31.2. The van der Waals surface area contributed by atoms with Gasteiger partial charge in [0.1, 0.15) is 5.75 Å². The lowest BCUT2D eigenvalue weighted by Crippen LogP contribution is -2.19. The SMILES string of the molecule is CC(O)COC(C)CO.O=P(O)(O)Oc1ccccc1. The molecular weight excluding hydrogens is 287 g/mol. The van der Waals surface area contributed by atoms with Gasteiger partial charge in [-0.2, -0.15) is 0 Å². The Bertz CT molecular complexity index is 390. The van der Waals surface area contributed by atoms with Gasteiger partial charge in [-0.3, -0.25) is 9.79 Å². The number of benzene rings is 1. The Morgan fingerprint density at radius 3 is 2.15 bits per heavy atom. The molecule has 20 heavy (non-hydrogen) atoms. The maximum Gasteiger partial charge on any atom is 0.524 e. The quantitative estimate of drug-likeness (QED) is 0.577. The molecule has 0 fully saturated rings. The van der Waals surface area contributed by atoms with Gasteiger partial charge in [0.25, 0.3) is 0 Å². The van der Waals surface area contributed by atoms with Gasteiger partial charge in [-0.1, -0.05) is 18.2 Å². The lowest BCUT2D eigenvalue weighted by molar-refractivity contribution is -0.0177. The van der Waals surface area contributed by atoms with Crippen LogP contribution in [0.15, 0.2) is 30.3 Å². The molecule has 1 aromatic rings. The Morgan fingerprint density at radius 2 is 1.75 bits per heavy atom. The molecular formula is C12H21O7P.